The minimum absolute atomic E-state index is 0.0342. The molecule has 92 valence electrons. The van der Waals surface area contributed by atoms with Gasteiger partial charge < -0.3 is 9.84 Å². The fourth-order valence-corrected chi connectivity index (χ4v) is 1.28. The predicted molar refractivity (Wildman–Crippen MR) is 63.4 cm³/mol. The second-order valence-electron chi connectivity index (χ2n) is 4.07. The first-order valence-electron chi connectivity index (χ1n) is 5.42. The molecule has 17 heavy (non-hydrogen) atoms. The van der Waals surface area contributed by atoms with Crippen molar-refractivity contribution in [2.24, 2.45) is 0 Å². The monoisotopic (exact) mass is 236 g/mol. The number of ketones is 1. The molecule has 0 saturated heterocycles. The van der Waals surface area contributed by atoms with Crippen molar-refractivity contribution < 1.29 is 19.4 Å². The molecular weight excluding hydrogens is 220 g/mol. The summed E-state index contributed by atoms with van der Waals surface area (Å²) in [6.07, 6.45) is 0.358. The number of ether oxygens (including phenoxy) is 1. The number of carbonyl (C=O) groups is 2. The zero-order chi connectivity index (χ0) is 13.1. The number of hydrogen-bond donors (Lipinski definition) is 1. The zero-order valence-electron chi connectivity index (χ0n) is 10.2. The highest BCUT2D eigenvalue weighted by Gasteiger charge is 2.33. The van der Waals surface area contributed by atoms with Crippen LogP contribution in [0.1, 0.15) is 37.6 Å². The van der Waals surface area contributed by atoms with Crippen LogP contribution in [0.2, 0.25) is 0 Å². The van der Waals surface area contributed by atoms with Gasteiger partial charge in [0.15, 0.2) is 5.78 Å². The van der Waals surface area contributed by atoms with Crippen molar-refractivity contribution in [3.63, 3.8) is 0 Å². The summed E-state index contributed by atoms with van der Waals surface area (Å²) in [6, 6.07) is 6.45. The second kappa shape index (κ2) is 4.99. The Morgan fingerprint density at radius 3 is 2.18 bits per heavy atom. The largest absolute Gasteiger partial charge is 0.478 e. The number of benzene rings is 1. The molecule has 1 atom stereocenters. The molecule has 0 aliphatic heterocycles. The van der Waals surface area contributed by atoms with Crippen molar-refractivity contribution in [2.45, 2.75) is 32.8 Å². The molecule has 0 radical (unpaired) electrons. The highest BCUT2D eigenvalue weighted by Crippen LogP contribution is 2.22. The van der Waals surface area contributed by atoms with Gasteiger partial charge in [0.25, 0.3) is 0 Å². The maximum atomic E-state index is 11.1. The van der Waals surface area contributed by atoms with Gasteiger partial charge in [0.1, 0.15) is 5.75 Å². The highest BCUT2D eigenvalue weighted by atomic mass is 16.5. The maximum Gasteiger partial charge on any atom is 0.347 e. The highest BCUT2D eigenvalue weighted by molar-refractivity contribution is 5.94. The number of carboxylic acid groups (broad SMARTS) is 1. The molecule has 1 aromatic carbocycles. The van der Waals surface area contributed by atoms with Crippen LogP contribution < -0.4 is 4.74 Å². The SMILES string of the molecule is CCC(C)(Oc1ccc(C(C)=O)cc1)C(=O)O. The molecule has 0 aromatic heterocycles. The van der Waals surface area contributed by atoms with E-state index in [1.165, 1.54) is 13.8 Å². The van der Waals surface area contributed by atoms with Crippen LogP contribution in [0.15, 0.2) is 24.3 Å². The third-order valence-corrected chi connectivity index (χ3v) is 2.73. The topological polar surface area (TPSA) is 63.6 Å². The van der Waals surface area contributed by atoms with Crippen LogP contribution in [0.5, 0.6) is 5.75 Å². The minimum atomic E-state index is -1.24. The van der Waals surface area contributed by atoms with Gasteiger partial charge in [-0.05, 0) is 44.5 Å². The number of carbonyl (C=O) groups excluding carboxylic acids is 1. The molecule has 4 nitrogen and oxygen atoms in total. The zero-order valence-corrected chi connectivity index (χ0v) is 10.2. The summed E-state index contributed by atoms with van der Waals surface area (Å²) in [5.41, 5.74) is -0.663. The van der Waals surface area contributed by atoms with Gasteiger partial charge in [0.05, 0.1) is 0 Å². The molecule has 1 N–H and O–H groups in total. The number of aliphatic carboxylic acids is 1. The number of hydrogen-bond acceptors (Lipinski definition) is 3. The van der Waals surface area contributed by atoms with Crippen LogP contribution in [0.3, 0.4) is 0 Å². The van der Waals surface area contributed by atoms with Gasteiger partial charge in [-0.3, -0.25) is 4.79 Å². The molecule has 0 saturated carbocycles. The molecule has 0 bridgehead atoms. The Balaban J connectivity index is 2.88. The maximum absolute atomic E-state index is 11.1. The van der Waals surface area contributed by atoms with Crippen molar-refractivity contribution in [2.75, 3.05) is 0 Å². The van der Waals surface area contributed by atoms with E-state index in [9.17, 15) is 9.59 Å². The van der Waals surface area contributed by atoms with Crippen molar-refractivity contribution in [3.8, 4) is 5.75 Å². The lowest BCUT2D eigenvalue weighted by atomic mass is 10.0. The summed E-state index contributed by atoms with van der Waals surface area (Å²) in [6.45, 7) is 4.75. The van der Waals surface area contributed by atoms with E-state index in [1.54, 1.807) is 31.2 Å². The minimum Gasteiger partial charge on any atom is -0.478 e. The molecule has 0 heterocycles. The molecule has 1 unspecified atom stereocenters. The van der Waals surface area contributed by atoms with Crippen molar-refractivity contribution in [3.05, 3.63) is 29.8 Å². The lowest BCUT2D eigenvalue weighted by Gasteiger charge is -2.24. The molecule has 4 heteroatoms. The lowest BCUT2D eigenvalue weighted by molar-refractivity contribution is -0.154. The Bertz CT molecular complexity index is 422. The fraction of sp³-hybridized carbons (Fsp3) is 0.385. The lowest BCUT2D eigenvalue weighted by Crippen LogP contribution is -2.40. The van der Waals surface area contributed by atoms with Gasteiger partial charge in [-0.2, -0.15) is 0 Å². The van der Waals surface area contributed by atoms with Crippen LogP contribution in [-0.4, -0.2) is 22.5 Å². The van der Waals surface area contributed by atoms with E-state index in [4.69, 9.17) is 9.84 Å². The molecule has 1 aromatic rings. The van der Waals surface area contributed by atoms with E-state index in [1.807, 2.05) is 0 Å². The Hall–Kier alpha value is -1.84. The predicted octanol–water partition coefficient (Wildman–Crippen LogP) is 2.52. The van der Waals surface area contributed by atoms with Gasteiger partial charge in [-0.15, -0.1) is 0 Å². The van der Waals surface area contributed by atoms with E-state index >= 15 is 0 Å². The molecule has 1 rings (SSSR count). The Kier molecular flexibility index (Phi) is 3.89. The third kappa shape index (κ3) is 3.06. The van der Waals surface area contributed by atoms with E-state index in [-0.39, 0.29) is 5.78 Å². The summed E-state index contributed by atoms with van der Waals surface area (Å²) >= 11 is 0. The second-order valence-corrected chi connectivity index (χ2v) is 4.07. The summed E-state index contributed by atoms with van der Waals surface area (Å²) in [5, 5.41) is 9.06. The van der Waals surface area contributed by atoms with Gasteiger partial charge in [0, 0.05) is 5.56 Å². The van der Waals surface area contributed by atoms with Crippen molar-refractivity contribution >= 4 is 11.8 Å². The van der Waals surface area contributed by atoms with E-state index in [2.05, 4.69) is 0 Å². The van der Waals surface area contributed by atoms with Crippen LogP contribution >= 0.6 is 0 Å². The third-order valence-electron chi connectivity index (χ3n) is 2.73. The number of carboxylic acids is 1. The Morgan fingerprint density at radius 2 is 1.82 bits per heavy atom. The van der Waals surface area contributed by atoms with Crippen LogP contribution in [0.4, 0.5) is 0 Å². The summed E-state index contributed by atoms with van der Waals surface area (Å²) in [5.74, 6) is -0.592. The van der Waals surface area contributed by atoms with E-state index in [0.29, 0.717) is 17.7 Å². The summed E-state index contributed by atoms with van der Waals surface area (Å²) in [7, 11) is 0. The summed E-state index contributed by atoms with van der Waals surface area (Å²) in [4.78, 5) is 22.1. The number of Topliss-reactive ketones (excluding diaryl/α,β-unsaturated/α-hetero) is 1. The molecule has 0 fully saturated rings. The quantitative estimate of drug-likeness (QED) is 0.798. The first-order chi connectivity index (χ1) is 7.89. The smallest absolute Gasteiger partial charge is 0.347 e. The molecule has 0 amide bonds. The van der Waals surface area contributed by atoms with Gasteiger partial charge in [-0.1, -0.05) is 6.92 Å². The summed E-state index contributed by atoms with van der Waals surface area (Å²) < 4.78 is 5.44. The van der Waals surface area contributed by atoms with Crippen LogP contribution in [0.25, 0.3) is 0 Å². The van der Waals surface area contributed by atoms with Crippen LogP contribution in [0, 0.1) is 0 Å². The van der Waals surface area contributed by atoms with Gasteiger partial charge in [0.2, 0.25) is 5.60 Å². The molecule has 0 aliphatic carbocycles. The number of rotatable bonds is 5. The standard InChI is InChI=1S/C13H16O4/c1-4-13(3,12(15)16)17-11-7-5-10(6-8-11)9(2)14/h5-8H,4H2,1-3H3,(H,15,16). The Labute approximate surface area is 100 Å². The average Bonchev–Trinajstić information content (AvgIpc) is 2.29. The van der Waals surface area contributed by atoms with Crippen LogP contribution in [-0.2, 0) is 4.79 Å². The fourth-order valence-electron chi connectivity index (χ4n) is 1.28. The Morgan fingerprint density at radius 1 is 1.29 bits per heavy atom. The first-order valence-corrected chi connectivity index (χ1v) is 5.42. The molecule has 0 spiro atoms. The average molecular weight is 236 g/mol. The van der Waals surface area contributed by atoms with E-state index in [0.717, 1.165) is 0 Å². The molecule has 0 aliphatic rings. The normalized spacial score (nSPS) is 13.8. The first kappa shape index (κ1) is 13.2. The van der Waals surface area contributed by atoms with Crippen molar-refractivity contribution in [1.82, 2.24) is 0 Å². The van der Waals surface area contributed by atoms with Gasteiger partial charge >= 0.3 is 5.97 Å². The van der Waals surface area contributed by atoms with E-state index < -0.39 is 11.6 Å². The molecular formula is C13H16O4. The van der Waals surface area contributed by atoms with Crippen molar-refractivity contribution in [1.29, 1.82) is 0 Å². The van der Waals surface area contributed by atoms with Gasteiger partial charge in [-0.25, -0.2) is 4.79 Å².